The molecule has 0 bridgehead atoms. The molecule has 0 atom stereocenters. The number of anilines is 3. The number of hydrogen-bond donors (Lipinski definition) is 3. The molecule has 0 unspecified atom stereocenters. The van der Waals surface area contributed by atoms with E-state index in [4.69, 9.17) is 12.2 Å². The van der Waals surface area contributed by atoms with Crippen LogP contribution in [0.3, 0.4) is 0 Å². The minimum atomic E-state index is 0.000405. The van der Waals surface area contributed by atoms with Crippen molar-refractivity contribution in [3.05, 3.63) is 54.6 Å². The molecular formula is C22H27N3OS. The number of hydrogen-bond acceptors (Lipinski definition) is 3. The Morgan fingerprint density at radius 3 is 2.22 bits per heavy atom. The predicted molar refractivity (Wildman–Crippen MR) is 116 cm³/mol. The minimum absolute atomic E-state index is 0.000405. The molecule has 0 radical (unpaired) electrons. The fourth-order valence-electron chi connectivity index (χ4n) is 3.49. The monoisotopic (exact) mass is 381 g/mol. The van der Waals surface area contributed by atoms with E-state index in [0.29, 0.717) is 17.5 Å². The van der Waals surface area contributed by atoms with Gasteiger partial charge in [0.05, 0.1) is 0 Å². The zero-order valence-electron chi connectivity index (χ0n) is 15.5. The number of para-hydroxylation sites is 1. The quantitative estimate of drug-likeness (QED) is 0.570. The van der Waals surface area contributed by atoms with Gasteiger partial charge in [-0.25, -0.2) is 0 Å². The van der Waals surface area contributed by atoms with E-state index in [1.165, 1.54) is 32.1 Å². The molecule has 1 amide bonds. The number of amides is 1. The lowest BCUT2D eigenvalue weighted by atomic mass is 9.86. The highest BCUT2D eigenvalue weighted by atomic mass is 32.1. The van der Waals surface area contributed by atoms with Gasteiger partial charge in [-0.2, -0.15) is 0 Å². The summed E-state index contributed by atoms with van der Waals surface area (Å²) in [4.78, 5) is 12.1. The molecule has 5 heteroatoms. The van der Waals surface area contributed by atoms with E-state index in [1.54, 1.807) is 0 Å². The van der Waals surface area contributed by atoms with Crippen molar-refractivity contribution < 1.29 is 4.79 Å². The highest BCUT2D eigenvalue weighted by molar-refractivity contribution is 7.80. The Balaban J connectivity index is 1.41. The van der Waals surface area contributed by atoms with Crippen molar-refractivity contribution in [2.24, 2.45) is 5.92 Å². The fraction of sp³-hybridized carbons (Fsp3) is 0.364. The molecule has 0 saturated heterocycles. The molecule has 1 saturated carbocycles. The van der Waals surface area contributed by atoms with Crippen molar-refractivity contribution in [3.8, 4) is 0 Å². The number of carbonyl (C=O) groups is 1. The highest BCUT2D eigenvalue weighted by Crippen LogP contribution is 2.27. The first kappa shape index (κ1) is 19.4. The van der Waals surface area contributed by atoms with Crippen LogP contribution in [-0.4, -0.2) is 11.0 Å². The molecule has 1 aliphatic rings. The molecule has 1 fully saturated rings. The fourth-order valence-corrected chi connectivity index (χ4v) is 3.72. The van der Waals surface area contributed by atoms with E-state index < -0.39 is 0 Å². The van der Waals surface area contributed by atoms with Crippen molar-refractivity contribution >= 4 is 40.3 Å². The van der Waals surface area contributed by atoms with Gasteiger partial charge in [-0.1, -0.05) is 50.3 Å². The molecule has 1 aliphatic carbocycles. The SMILES string of the molecule is O=C(CCC1CCCCC1)NC(=S)Nc1ccc(Nc2ccccc2)cc1. The largest absolute Gasteiger partial charge is 0.356 e. The van der Waals surface area contributed by atoms with E-state index in [1.807, 2.05) is 54.6 Å². The molecule has 0 spiro atoms. The molecule has 4 nitrogen and oxygen atoms in total. The molecule has 27 heavy (non-hydrogen) atoms. The van der Waals surface area contributed by atoms with Crippen LogP contribution in [0.5, 0.6) is 0 Å². The average molecular weight is 382 g/mol. The topological polar surface area (TPSA) is 53.2 Å². The molecule has 0 heterocycles. The first-order valence-corrected chi connectivity index (χ1v) is 10.1. The van der Waals surface area contributed by atoms with Gasteiger partial charge in [0.2, 0.25) is 5.91 Å². The Morgan fingerprint density at radius 2 is 1.52 bits per heavy atom. The lowest BCUT2D eigenvalue weighted by molar-refractivity contribution is -0.120. The zero-order chi connectivity index (χ0) is 18.9. The van der Waals surface area contributed by atoms with Crippen LogP contribution in [0.1, 0.15) is 44.9 Å². The van der Waals surface area contributed by atoms with Crippen LogP contribution < -0.4 is 16.0 Å². The molecule has 142 valence electrons. The molecule has 3 rings (SSSR count). The maximum Gasteiger partial charge on any atom is 0.226 e. The smallest absolute Gasteiger partial charge is 0.226 e. The summed E-state index contributed by atoms with van der Waals surface area (Å²) in [5.41, 5.74) is 2.89. The van der Waals surface area contributed by atoms with Crippen LogP contribution in [0.4, 0.5) is 17.1 Å². The average Bonchev–Trinajstić information content (AvgIpc) is 2.69. The van der Waals surface area contributed by atoms with Gasteiger partial charge in [0.25, 0.3) is 0 Å². The second-order valence-electron chi connectivity index (χ2n) is 7.11. The van der Waals surface area contributed by atoms with E-state index in [2.05, 4.69) is 16.0 Å². The van der Waals surface area contributed by atoms with E-state index in [-0.39, 0.29) is 5.91 Å². The van der Waals surface area contributed by atoms with Crippen LogP contribution in [0.2, 0.25) is 0 Å². The highest BCUT2D eigenvalue weighted by Gasteiger charge is 2.15. The maximum absolute atomic E-state index is 12.1. The van der Waals surface area contributed by atoms with Crippen molar-refractivity contribution in [2.45, 2.75) is 44.9 Å². The first-order valence-electron chi connectivity index (χ1n) is 9.72. The van der Waals surface area contributed by atoms with E-state index in [0.717, 1.165) is 23.5 Å². The summed E-state index contributed by atoms with van der Waals surface area (Å²) in [6.45, 7) is 0. The molecule has 2 aromatic carbocycles. The van der Waals surface area contributed by atoms with Gasteiger partial charge in [-0.15, -0.1) is 0 Å². The number of nitrogens with one attached hydrogen (secondary N) is 3. The first-order chi connectivity index (χ1) is 13.2. The summed E-state index contributed by atoms with van der Waals surface area (Å²) in [7, 11) is 0. The van der Waals surface area contributed by atoms with Crippen LogP contribution in [0, 0.1) is 5.92 Å². The van der Waals surface area contributed by atoms with Crippen LogP contribution in [0.15, 0.2) is 54.6 Å². The normalized spacial score (nSPS) is 14.4. The molecule has 2 aromatic rings. The van der Waals surface area contributed by atoms with Gasteiger partial charge in [-0.05, 0) is 61.0 Å². The summed E-state index contributed by atoms with van der Waals surface area (Å²) in [5, 5.41) is 9.55. The lowest BCUT2D eigenvalue weighted by Crippen LogP contribution is -2.34. The zero-order valence-corrected chi connectivity index (χ0v) is 16.4. The number of rotatable bonds is 6. The Hall–Kier alpha value is -2.40. The molecule has 0 aliphatic heterocycles. The Kier molecular flexibility index (Phi) is 7.22. The van der Waals surface area contributed by atoms with Crippen LogP contribution >= 0.6 is 12.2 Å². The van der Waals surface area contributed by atoms with Crippen LogP contribution in [0.25, 0.3) is 0 Å². The lowest BCUT2D eigenvalue weighted by Gasteiger charge is -2.21. The van der Waals surface area contributed by atoms with Gasteiger partial charge in [-0.3, -0.25) is 4.79 Å². The predicted octanol–water partition coefficient (Wildman–Crippen LogP) is 5.60. The summed E-state index contributed by atoms with van der Waals surface area (Å²) < 4.78 is 0. The van der Waals surface area contributed by atoms with Gasteiger partial charge in [0, 0.05) is 23.5 Å². The van der Waals surface area contributed by atoms with Crippen molar-refractivity contribution in [1.29, 1.82) is 0 Å². The second kappa shape index (κ2) is 10.1. The van der Waals surface area contributed by atoms with Crippen molar-refractivity contribution in [1.82, 2.24) is 5.32 Å². The number of carbonyl (C=O) groups excluding carboxylic acids is 1. The third-order valence-corrected chi connectivity index (χ3v) is 5.17. The van der Waals surface area contributed by atoms with Crippen molar-refractivity contribution in [2.75, 3.05) is 10.6 Å². The summed E-state index contributed by atoms with van der Waals surface area (Å²) in [6.07, 6.45) is 8.00. The van der Waals surface area contributed by atoms with Gasteiger partial charge >= 0.3 is 0 Å². The standard InChI is InChI=1S/C22H27N3OS/c26-21(16-11-17-7-3-1-4-8-17)25-22(27)24-20-14-12-19(13-15-20)23-18-9-5-2-6-10-18/h2,5-6,9-10,12-15,17,23H,1,3-4,7-8,11,16H2,(H2,24,25,26,27). The summed E-state index contributed by atoms with van der Waals surface area (Å²) in [6, 6.07) is 17.8. The Morgan fingerprint density at radius 1 is 0.889 bits per heavy atom. The second-order valence-corrected chi connectivity index (χ2v) is 7.52. The molecule has 0 aromatic heterocycles. The Bertz CT molecular complexity index is 740. The molecular weight excluding hydrogens is 354 g/mol. The summed E-state index contributed by atoms with van der Waals surface area (Å²) in [5.74, 6) is 0.705. The molecule has 3 N–H and O–H groups in total. The number of thiocarbonyl (C=S) groups is 1. The van der Waals surface area contributed by atoms with E-state index >= 15 is 0 Å². The minimum Gasteiger partial charge on any atom is -0.356 e. The van der Waals surface area contributed by atoms with E-state index in [9.17, 15) is 4.79 Å². The summed E-state index contributed by atoms with van der Waals surface area (Å²) >= 11 is 5.26. The van der Waals surface area contributed by atoms with Gasteiger partial charge in [0.1, 0.15) is 0 Å². The number of benzene rings is 2. The Labute approximate surface area is 166 Å². The van der Waals surface area contributed by atoms with Gasteiger partial charge in [0.15, 0.2) is 5.11 Å². The van der Waals surface area contributed by atoms with Crippen LogP contribution in [-0.2, 0) is 4.79 Å². The van der Waals surface area contributed by atoms with Gasteiger partial charge < -0.3 is 16.0 Å². The third-order valence-electron chi connectivity index (χ3n) is 4.96. The third kappa shape index (κ3) is 6.68. The maximum atomic E-state index is 12.1. The van der Waals surface area contributed by atoms with Crippen molar-refractivity contribution in [3.63, 3.8) is 0 Å².